The third-order valence-electron chi connectivity index (χ3n) is 11.7. The number of anilines is 2. The van der Waals surface area contributed by atoms with Gasteiger partial charge in [-0.25, -0.2) is 0 Å². The number of alkyl halides is 1. The van der Waals surface area contributed by atoms with Crippen LogP contribution in [0.15, 0.2) is 97.2 Å². The van der Waals surface area contributed by atoms with Crippen molar-refractivity contribution in [2.45, 2.75) is 65.2 Å². The fourth-order valence-electron chi connectivity index (χ4n) is 8.11. The molecule has 0 bridgehead atoms. The molecule has 4 fully saturated rings. The van der Waals surface area contributed by atoms with Gasteiger partial charge in [-0.3, -0.25) is 25.0 Å². The van der Waals surface area contributed by atoms with Crippen molar-refractivity contribution in [3.05, 3.63) is 137 Å². The quantitative estimate of drug-likeness (QED) is 0.00895. The number of nitrogen functional groups attached to an aromatic ring is 2. The first-order chi connectivity index (χ1) is 33.8. The van der Waals surface area contributed by atoms with E-state index in [2.05, 4.69) is 81.4 Å². The van der Waals surface area contributed by atoms with Crippen LogP contribution in [-0.4, -0.2) is 105 Å². The van der Waals surface area contributed by atoms with Gasteiger partial charge in [0.25, 0.3) is 0 Å². The van der Waals surface area contributed by atoms with Gasteiger partial charge < -0.3 is 59.8 Å². The molecule has 0 spiro atoms. The van der Waals surface area contributed by atoms with Crippen LogP contribution in [0.25, 0.3) is 15.9 Å². The number of hydrogen-bond donors (Lipinski definition) is 4. The van der Waals surface area contributed by atoms with E-state index in [-0.39, 0.29) is 99.6 Å². The molecule has 4 aliphatic rings. The molecule has 0 amide bonds. The summed E-state index contributed by atoms with van der Waals surface area (Å²) in [4.78, 5) is 54.4. The Morgan fingerprint density at radius 3 is 1.40 bits per heavy atom. The van der Waals surface area contributed by atoms with Crippen molar-refractivity contribution in [1.82, 2.24) is 9.88 Å². The normalized spacial score (nSPS) is 17.4. The van der Waals surface area contributed by atoms with Crippen molar-refractivity contribution in [3.63, 3.8) is 0 Å². The number of H-pyrrole nitrogens is 1. The number of ether oxygens (including phenoxy) is 4. The van der Waals surface area contributed by atoms with Gasteiger partial charge in [0, 0.05) is 89.4 Å². The van der Waals surface area contributed by atoms with Gasteiger partial charge in [-0.05, 0) is 115 Å². The maximum atomic E-state index is 11.2. The molecule has 15 nitrogen and oxygen atoms in total. The summed E-state index contributed by atoms with van der Waals surface area (Å²) in [6.45, 7) is 3.24. The fraction of sp³-hybridized carbons (Fsp3) is 0.415. The summed E-state index contributed by atoms with van der Waals surface area (Å²) in [7, 11) is 14.1. The molecule has 75 heavy (non-hydrogen) atoms. The number of rotatable bonds is 12. The summed E-state index contributed by atoms with van der Waals surface area (Å²) in [6, 6.07) is 29.5. The van der Waals surface area contributed by atoms with Gasteiger partial charge in [0.2, 0.25) is 5.39 Å². The van der Waals surface area contributed by atoms with Crippen LogP contribution in [-0.2, 0) is 88.8 Å². The Labute approximate surface area is 509 Å². The number of carbonyl (C=O) groups is 4. The molecule has 9 rings (SSSR count). The van der Waals surface area contributed by atoms with E-state index < -0.39 is 18.9 Å². The summed E-state index contributed by atoms with van der Waals surface area (Å²) in [5.41, 5.74) is 17.7. The van der Waals surface area contributed by atoms with Gasteiger partial charge in [-0.1, -0.05) is 72.5 Å². The van der Waals surface area contributed by atoms with Gasteiger partial charge >= 0.3 is 66.3 Å². The smallest absolute Gasteiger partial charge is 0 e. The molecule has 6 N–H and O–H groups in total. The minimum atomic E-state index is -0.826. The number of nitrogens with one attached hydrogen (secondary N) is 2. The summed E-state index contributed by atoms with van der Waals surface area (Å²) in [5, 5.41) is 9.81. The molecule has 4 atom stereocenters. The summed E-state index contributed by atoms with van der Waals surface area (Å²) in [6.07, 6.45) is 8.83. The minimum Gasteiger partial charge on any atom is 0 e. The Kier molecular flexibility index (Phi) is 40.5. The van der Waals surface area contributed by atoms with Gasteiger partial charge in [0.05, 0.1) is 52.1 Å². The van der Waals surface area contributed by atoms with Crippen LogP contribution in [0.2, 0.25) is 0 Å². The zero-order valence-electron chi connectivity index (χ0n) is 42.1. The van der Waals surface area contributed by atoms with Gasteiger partial charge in [0.1, 0.15) is 0 Å². The Hall–Kier alpha value is -3.05. The first-order valence-corrected chi connectivity index (χ1v) is 32.3. The predicted molar refractivity (Wildman–Crippen MR) is 314 cm³/mol. The van der Waals surface area contributed by atoms with Crippen molar-refractivity contribution < 1.29 is 69.1 Å². The van der Waals surface area contributed by atoms with E-state index in [1.165, 1.54) is 33.2 Å². The number of fused-ring (bicyclic) bond motifs is 1. The predicted octanol–water partition coefficient (Wildman–Crippen LogP) is 7.86. The van der Waals surface area contributed by atoms with Crippen molar-refractivity contribution in [2.75, 3.05) is 63.2 Å². The Balaban J connectivity index is 0. The second-order valence-corrected chi connectivity index (χ2v) is 21.7. The van der Waals surface area contributed by atoms with Crippen LogP contribution < -0.4 is 29.4 Å². The van der Waals surface area contributed by atoms with E-state index >= 15 is 0 Å². The number of hydrazine groups is 1. The number of likely N-dealkylation sites (N-methyl/N-ethyl adjacent to an activating group) is 1. The Morgan fingerprint density at radius 1 is 0.693 bits per heavy atom. The maximum absolute atomic E-state index is 11.2. The van der Waals surface area contributed by atoms with Crippen LogP contribution in [0.5, 0.6) is 0 Å². The van der Waals surface area contributed by atoms with Crippen molar-refractivity contribution >= 4 is 135 Å². The van der Waals surface area contributed by atoms with Crippen molar-refractivity contribution in [3.8, 4) is 0 Å². The SMILES string of the molecule is C.CI.CN(C)CCc1c[nH]c2ccc(C[C@H]3COC(=O)C3)cc12.I.N#[N+]c1ccc(C[C@H]2COC(=O)C2)cc1.NNc1ccc(C[C@H]2COC(=O)C2)cc1.Nc1ccc(C[C@H]2COC(=O)C2)cc1.[CH3-].[Cl-].[Cl][Sn][Cl].[V]. The fourth-order valence-corrected chi connectivity index (χ4v) is 8.11. The van der Waals surface area contributed by atoms with Crippen molar-refractivity contribution in [1.29, 1.82) is 5.39 Å². The average molecular weight is 1460 g/mol. The Bertz CT molecular complexity index is 2460. The molecule has 4 aromatic carbocycles. The van der Waals surface area contributed by atoms with E-state index in [1.807, 2.05) is 65.6 Å². The number of diazo groups is 1. The molecule has 4 saturated heterocycles. The minimum absolute atomic E-state index is 0. The van der Waals surface area contributed by atoms with Crippen LogP contribution in [0, 0.1) is 36.5 Å². The number of aromatic nitrogens is 1. The zero-order chi connectivity index (χ0) is 50.8. The third kappa shape index (κ3) is 27.9. The molecular weight excluding hydrogens is 1390 g/mol. The number of nitrogens with zero attached hydrogens (tertiary/aromatic N) is 3. The van der Waals surface area contributed by atoms with Gasteiger partial charge in [-0.2, -0.15) is 0 Å². The molecule has 5 aromatic rings. The van der Waals surface area contributed by atoms with E-state index in [1.54, 1.807) is 12.1 Å². The number of cyclic esters (lactones) is 4. The Morgan fingerprint density at radius 2 is 1.05 bits per heavy atom. The third-order valence-corrected chi connectivity index (χ3v) is 11.7. The topological polar surface area (TPSA) is 216 Å². The molecule has 3 radical (unpaired) electrons. The average Bonchev–Trinajstić information content (AvgIpc) is 4.23. The molecule has 5 heterocycles. The summed E-state index contributed by atoms with van der Waals surface area (Å²) >= 11 is 1.32. The van der Waals surface area contributed by atoms with Crippen LogP contribution in [0.1, 0.15) is 60.9 Å². The van der Waals surface area contributed by atoms with Crippen LogP contribution in [0.4, 0.5) is 17.1 Å². The molecule has 22 heteroatoms. The first kappa shape index (κ1) is 74.0. The van der Waals surface area contributed by atoms with Crippen LogP contribution >= 0.6 is 64.4 Å². The molecule has 0 saturated carbocycles. The maximum Gasteiger partial charge on any atom is 0 e. The molecule has 0 aliphatic carbocycles. The number of hydrogen-bond acceptors (Lipinski definition) is 13. The molecular formula is C53H71Cl3I2N7O8SnV-. The number of nitrogens with two attached hydrogens (primary N) is 2. The molecule has 411 valence electrons. The van der Waals surface area contributed by atoms with E-state index in [4.69, 9.17) is 53.8 Å². The van der Waals surface area contributed by atoms with Crippen molar-refractivity contribution in [2.24, 2.45) is 29.5 Å². The summed E-state index contributed by atoms with van der Waals surface area (Å²) < 4.78 is 19.7. The molecule has 0 unspecified atom stereocenters. The standard InChI is InChI=1S/C17H22N2O2.C11H14N2O2.C11H11N2O2.C11H13NO2.CH3I.CH4.CH3.3ClH.HI.Sn.V/c1-19(2)6-5-14-10-18-16-4-3-12(8-15(14)16)7-13-9-17(20)21-11-13;2*12-13-10-3-1-8(2-4-10)5-9-6-11(14)15-7-9;12-10-3-1-8(2-4-10)5-9-6-11(13)14-7-9;1-2;;;;;;;;/h3-4,8,10,13,18H,5-7,9,11H2,1-2H3;1-4,9,13H,5-7,12H2;1-4,9H,5-7H2;1-4,9H,5-7,12H2;1H3;1H4;1H3;4*1H;;/q;;+1;;;;-1;;;;;+2;/p-3/t13-;3*9-;;;;;;;;;/m1111........./s1. The zero-order valence-corrected chi connectivity index (χ0v) is 53.1. The molecule has 4 aliphatic heterocycles. The number of aromatic amines is 1. The number of benzene rings is 4. The van der Waals surface area contributed by atoms with E-state index in [0.29, 0.717) is 75.6 Å². The van der Waals surface area contributed by atoms with Gasteiger partial charge in [-0.15, -0.1) is 24.0 Å². The number of carbonyl (C=O) groups excluding carboxylic acids is 4. The van der Waals surface area contributed by atoms with E-state index in [0.717, 1.165) is 55.6 Å². The number of esters is 4. The largest absolute Gasteiger partial charge is 0 e. The van der Waals surface area contributed by atoms with Crippen LogP contribution in [0.3, 0.4) is 0 Å². The monoisotopic (exact) mass is 1460 g/mol. The summed E-state index contributed by atoms with van der Waals surface area (Å²) in [5.74, 6) is 6.22. The second kappa shape index (κ2) is 41.1. The first-order valence-electron chi connectivity index (χ1n) is 22.9. The molecule has 1 aromatic heterocycles. The second-order valence-electron chi connectivity index (χ2n) is 17.5. The number of halogens is 5. The van der Waals surface area contributed by atoms with Gasteiger partial charge in [0.15, 0.2) is 4.98 Å². The van der Waals surface area contributed by atoms with E-state index in [9.17, 15) is 19.2 Å².